The number of nitrogens with two attached hydrogens (primary N) is 1. The molecule has 1 nitrogen and oxygen atoms in total. The Morgan fingerprint density at radius 3 is 2.90 bits per heavy atom. The van der Waals surface area contributed by atoms with Gasteiger partial charge in [-0.05, 0) is 26.0 Å². The Morgan fingerprint density at radius 2 is 2.40 bits per heavy atom. The fourth-order valence-corrected chi connectivity index (χ4v) is 0.579. The van der Waals surface area contributed by atoms with Crippen LogP contribution in [0.5, 0.6) is 0 Å². The van der Waals surface area contributed by atoms with Crippen molar-refractivity contribution in [1.82, 2.24) is 0 Å². The van der Waals surface area contributed by atoms with Crippen LogP contribution in [-0.2, 0) is 0 Å². The zero-order valence-corrected chi connectivity index (χ0v) is 6.30. The van der Waals surface area contributed by atoms with E-state index >= 15 is 0 Å². The average molecular weight is 135 g/mol. The second kappa shape index (κ2) is 6.12. The van der Waals surface area contributed by atoms with Crippen molar-refractivity contribution in [1.29, 1.82) is 0 Å². The molecule has 0 aliphatic carbocycles. The molecule has 0 unspecified atom stereocenters. The van der Waals surface area contributed by atoms with Gasteiger partial charge in [-0.25, -0.2) is 0 Å². The van der Waals surface area contributed by atoms with E-state index < -0.39 is 0 Å². The van der Waals surface area contributed by atoms with Crippen LogP contribution in [0.4, 0.5) is 0 Å². The maximum atomic E-state index is 5.33. The Morgan fingerprint density at radius 1 is 1.70 bits per heavy atom. The van der Waals surface area contributed by atoms with E-state index in [0.717, 1.165) is 6.42 Å². The van der Waals surface area contributed by atoms with Gasteiger partial charge in [-0.1, -0.05) is 23.6 Å². The molecule has 1 heteroatoms. The van der Waals surface area contributed by atoms with Crippen molar-refractivity contribution in [2.45, 2.75) is 13.3 Å². The lowest BCUT2D eigenvalue weighted by molar-refractivity contribution is 0.950. The van der Waals surface area contributed by atoms with E-state index in [0.29, 0.717) is 6.54 Å². The standard InChI is InChI=1S/C9H13N/c1-3-4-5-6-9(2)7-8-10/h1,4-6H,7-8,10H2,2H3/b5-4-,9-6+. The van der Waals surface area contributed by atoms with E-state index in [9.17, 15) is 0 Å². The van der Waals surface area contributed by atoms with Crippen molar-refractivity contribution >= 4 is 0 Å². The summed E-state index contributed by atoms with van der Waals surface area (Å²) in [5.74, 6) is 2.41. The first kappa shape index (κ1) is 9.00. The molecule has 0 aliphatic rings. The second-order valence-corrected chi connectivity index (χ2v) is 2.08. The van der Waals surface area contributed by atoms with Gasteiger partial charge in [-0.3, -0.25) is 0 Å². The Kier molecular flexibility index (Phi) is 5.51. The molecule has 0 aliphatic heterocycles. The lowest BCUT2D eigenvalue weighted by Crippen LogP contribution is -1.98. The quantitative estimate of drug-likeness (QED) is 0.460. The molecule has 0 aromatic heterocycles. The molecule has 0 saturated heterocycles. The fourth-order valence-electron chi connectivity index (χ4n) is 0.579. The maximum Gasteiger partial charge on any atom is -0.00399 e. The third-order valence-corrected chi connectivity index (χ3v) is 1.11. The normalized spacial score (nSPS) is 11.9. The third kappa shape index (κ3) is 5.14. The monoisotopic (exact) mass is 135 g/mol. The number of rotatable bonds is 3. The largest absolute Gasteiger partial charge is 0.330 e. The van der Waals surface area contributed by atoms with Crippen LogP contribution in [0.15, 0.2) is 23.8 Å². The van der Waals surface area contributed by atoms with E-state index in [4.69, 9.17) is 12.2 Å². The van der Waals surface area contributed by atoms with Crippen LogP contribution >= 0.6 is 0 Å². The van der Waals surface area contributed by atoms with Gasteiger partial charge >= 0.3 is 0 Å². The first-order valence-corrected chi connectivity index (χ1v) is 3.29. The number of hydrogen-bond donors (Lipinski definition) is 1. The highest BCUT2D eigenvalue weighted by Gasteiger charge is 1.81. The number of hydrogen-bond acceptors (Lipinski definition) is 1. The van der Waals surface area contributed by atoms with Gasteiger partial charge in [0.25, 0.3) is 0 Å². The summed E-state index contributed by atoms with van der Waals surface area (Å²) >= 11 is 0. The van der Waals surface area contributed by atoms with Crippen molar-refractivity contribution < 1.29 is 0 Å². The lowest BCUT2D eigenvalue weighted by atomic mass is 10.2. The van der Waals surface area contributed by atoms with E-state index in [-0.39, 0.29) is 0 Å². The minimum Gasteiger partial charge on any atom is -0.330 e. The van der Waals surface area contributed by atoms with Crippen molar-refractivity contribution in [2.24, 2.45) is 5.73 Å². The average Bonchev–Trinajstić information content (AvgIpc) is 1.89. The summed E-state index contributed by atoms with van der Waals surface area (Å²) in [6.07, 6.45) is 11.4. The molecule has 0 fully saturated rings. The summed E-state index contributed by atoms with van der Waals surface area (Å²) < 4.78 is 0. The Balaban J connectivity index is 3.70. The van der Waals surface area contributed by atoms with E-state index in [1.54, 1.807) is 6.08 Å². The molecule has 0 rings (SSSR count). The van der Waals surface area contributed by atoms with Gasteiger partial charge in [0.1, 0.15) is 0 Å². The summed E-state index contributed by atoms with van der Waals surface area (Å²) in [4.78, 5) is 0. The van der Waals surface area contributed by atoms with Crippen LogP contribution in [0.3, 0.4) is 0 Å². The maximum absolute atomic E-state index is 5.33. The van der Waals surface area contributed by atoms with Crippen LogP contribution in [0.25, 0.3) is 0 Å². The minimum atomic E-state index is 0.701. The first-order chi connectivity index (χ1) is 4.81. The summed E-state index contributed by atoms with van der Waals surface area (Å²) in [5, 5.41) is 0. The van der Waals surface area contributed by atoms with Crippen LogP contribution in [0.1, 0.15) is 13.3 Å². The predicted octanol–water partition coefficient (Wildman–Crippen LogP) is 1.47. The van der Waals surface area contributed by atoms with Gasteiger partial charge in [0, 0.05) is 0 Å². The Bertz CT molecular complexity index is 170. The summed E-state index contributed by atoms with van der Waals surface area (Å²) in [6.45, 7) is 2.74. The Hall–Kier alpha value is -1.00. The van der Waals surface area contributed by atoms with Gasteiger partial charge in [-0.15, -0.1) is 6.42 Å². The van der Waals surface area contributed by atoms with Gasteiger partial charge in [-0.2, -0.15) is 0 Å². The molecule has 0 atom stereocenters. The molecule has 0 saturated carbocycles. The van der Waals surface area contributed by atoms with Gasteiger partial charge in [0.2, 0.25) is 0 Å². The first-order valence-electron chi connectivity index (χ1n) is 3.29. The van der Waals surface area contributed by atoms with Crippen LogP contribution in [-0.4, -0.2) is 6.54 Å². The van der Waals surface area contributed by atoms with E-state index in [1.165, 1.54) is 5.57 Å². The highest BCUT2D eigenvalue weighted by atomic mass is 14.5. The zero-order chi connectivity index (χ0) is 7.82. The second-order valence-electron chi connectivity index (χ2n) is 2.08. The molecule has 0 aromatic rings. The zero-order valence-electron chi connectivity index (χ0n) is 6.30. The number of allylic oxidation sites excluding steroid dienone is 3. The molecule has 0 spiro atoms. The van der Waals surface area contributed by atoms with Crippen molar-refractivity contribution in [3.05, 3.63) is 23.8 Å². The molecule has 10 heavy (non-hydrogen) atoms. The lowest BCUT2D eigenvalue weighted by Gasteiger charge is -1.92. The SMILES string of the molecule is C#C/C=C\C=C(/C)CCN. The highest BCUT2D eigenvalue weighted by Crippen LogP contribution is 1.96. The minimum absolute atomic E-state index is 0.701. The number of terminal acetylenes is 1. The molecule has 0 aromatic carbocycles. The van der Waals surface area contributed by atoms with Crippen LogP contribution < -0.4 is 5.73 Å². The highest BCUT2D eigenvalue weighted by molar-refractivity contribution is 5.18. The molecule has 54 valence electrons. The molecular weight excluding hydrogens is 122 g/mol. The summed E-state index contributed by atoms with van der Waals surface area (Å²) in [6, 6.07) is 0. The molecule has 0 radical (unpaired) electrons. The molecule has 0 amide bonds. The molecule has 2 N–H and O–H groups in total. The van der Waals surface area contributed by atoms with Gasteiger partial charge in [0.15, 0.2) is 0 Å². The molecular formula is C9H13N. The smallest absolute Gasteiger partial charge is 0.00399 e. The van der Waals surface area contributed by atoms with Gasteiger partial charge < -0.3 is 5.73 Å². The van der Waals surface area contributed by atoms with Crippen LogP contribution in [0, 0.1) is 12.3 Å². The summed E-state index contributed by atoms with van der Waals surface area (Å²) in [5.41, 5.74) is 6.59. The van der Waals surface area contributed by atoms with E-state index in [2.05, 4.69) is 5.92 Å². The topological polar surface area (TPSA) is 26.0 Å². The summed E-state index contributed by atoms with van der Waals surface area (Å²) in [7, 11) is 0. The fraction of sp³-hybridized carbons (Fsp3) is 0.333. The molecule has 0 bridgehead atoms. The van der Waals surface area contributed by atoms with Gasteiger partial charge in [0.05, 0.1) is 0 Å². The predicted molar refractivity (Wildman–Crippen MR) is 45.4 cm³/mol. The van der Waals surface area contributed by atoms with Crippen molar-refractivity contribution in [2.75, 3.05) is 6.54 Å². The van der Waals surface area contributed by atoms with Crippen LogP contribution in [0.2, 0.25) is 0 Å². The molecule has 0 heterocycles. The Labute approximate surface area is 62.6 Å². The third-order valence-electron chi connectivity index (χ3n) is 1.11. The van der Waals surface area contributed by atoms with Crippen molar-refractivity contribution in [3.63, 3.8) is 0 Å². The van der Waals surface area contributed by atoms with Crippen molar-refractivity contribution in [3.8, 4) is 12.3 Å². The van der Waals surface area contributed by atoms with E-state index in [1.807, 2.05) is 19.1 Å².